The summed E-state index contributed by atoms with van der Waals surface area (Å²) < 4.78 is 5.28. The molecule has 2 rings (SSSR count). The highest BCUT2D eigenvalue weighted by atomic mass is 16.6. The van der Waals surface area contributed by atoms with Gasteiger partial charge in [0.15, 0.2) is 0 Å². The SMILES string of the molecule is CCCCOC(=O)N1CCC(c2cccc(NC(=O)CC)c2)CC1. The Morgan fingerprint density at radius 3 is 2.67 bits per heavy atom. The fourth-order valence-electron chi connectivity index (χ4n) is 2.91. The molecular formula is C19H28N2O3. The fourth-order valence-corrected chi connectivity index (χ4v) is 2.91. The molecule has 0 saturated carbocycles. The molecule has 1 aromatic carbocycles. The van der Waals surface area contributed by atoms with Crippen molar-refractivity contribution in [3.05, 3.63) is 29.8 Å². The third-order valence-electron chi connectivity index (χ3n) is 4.44. The molecule has 0 aromatic heterocycles. The number of hydrogen-bond acceptors (Lipinski definition) is 3. The van der Waals surface area contributed by atoms with Crippen LogP contribution in [0, 0.1) is 0 Å². The summed E-state index contributed by atoms with van der Waals surface area (Å²) in [5.41, 5.74) is 2.07. The lowest BCUT2D eigenvalue weighted by atomic mass is 9.89. The number of nitrogens with one attached hydrogen (secondary N) is 1. The Hall–Kier alpha value is -2.04. The van der Waals surface area contributed by atoms with E-state index in [0.717, 1.165) is 44.5 Å². The molecule has 0 spiro atoms. The van der Waals surface area contributed by atoms with Gasteiger partial charge in [-0.25, -0.2) is 4.79 Å². The Bertz CT molecular complexity index is 551. The van der Waals surface area contributed by atoms with Gasteiger partial charge in [0.25, 0.3) is 0 Å². The van der Waals surface area contributed by atoms with E-state index in [1.54, 1.807) is 4.90 Å². The van der Waals surface area contributed by atoms with E-state index in [0.29, 0.717) is 18.9 Å². The Kier molecular flexibility index (Phi) is 7.09. The molecule has 0 unspecified atom stereocenters. The van der Waals surface area contributed by atoms with E-state index >= 15 is 0 Å². The van der Waals surface area contributed by atoms with E-state index in [2.05, 4.69) is 18.3 Å². The average Bonchev–Trinajstić information content (AvgIpc) is 2.62. The summed E-state index contributed by atoms with van der Waals surface area (Å²) in [6.07, 6.45) is 4.08. The molecule has 5 nitrogen and oxygen atoms in total. The lowest BCUT2D eigenvalue weighted by Gasteiger charge is -2.31. The van der Waals surface area contributed by atoms with Crippen LogP contribution in [0.3, 0.4) is 0 Å². The van der Waals surface area contributed by atoms with Crippen LogP contribution in [-0.4, -0.2) is 36.6 Å². The number of likely N-dealkylation sites (tertiary alicyclic amines) is 1. The van der Waals surface area contributed by atoms with Crippen LogP contribution in [0.2, 0.25) is 0 Å². The summed E-state index contributed by atoms with van der Waals surface area (Å²) in [7, 11) is 0. The molecule has 2 amide bonds. The first kappa shape index (κ1) is 18.3. The second-order valence-electron chi connectivity index (χ2n) is 6.26. The third-order valence-corrected chi connectivity index (χ3v) is 4.44. The van der Waals surface area contributed by atoms with Crippen LogP contribution in [0.1, 0.15) is 57.4 Å². The second-order valence-corrected chi connectivity index (χ2v) is 6.26. The predicted octanol–water partition coefficient (Wildman–Crippen LogP) is 4.15. The van der Waals surface area contributed by atoms with Crippen molar-refractivity contribution >= 4 is 17.7 Å². The van der Waals surface area contributed by atoms with Gasteiger partial charge >= 0.3 is 6.09 Å². The average molecular weight is 332 g/mol. The number of hydrogen-bond donors (Lipinski definition) is 1. The summed E-state index contributed by atoms with van der Waals surface area (Å²) in [5, 5.41) is 2.90. The van der Waals surface area contributed by atoms with E-state index in [4.69, 9.17) is 4.74 Å². The largest absolute Gasteiger partial charge is 0.449 e. The minimum absolute atomic E-state index is 0.0248. The highest BCUT2D eigenvalue weighted by Crippen LogP contribution is 2.29. The maximum absolute atomic E-state index is 12.0. The first-order chi connectivity index (χ1) is 11.6. The number of rotatable bonds is 6. The van der Waals surface area contributed by atoms with E-state index in [-0.39, 0.29) is 12.0 Å². The van der Waals surface area contributed by atoms with E-state index in [9.17, 15) is 9.59 Å². The van der Waals surface area contributed by atoms with Crippen LogP contribution in [0.4, 0.5) is 10.5 Å². The zero-order chi connectivity index (χ0) is 17.4. The maximum atomic E-state index is 12.0. The number of nitrogens with zero attached hydrogens (tertiary/aromatic N) is 1. The highest BCUT2D eigenvalue weighted by Gasteiger charge is 2.24. The number of benzene rings is 1. The smallest absolute Gasteiger partial charge is 0.409 e. The third kappa shape index (κ3) is 5.25. The zero-order valence-corrected chi connectivity index (χ0v) is 14.7. The number of unbranched alkanes of at least 4 members (excludes halogenated alkanes) is 1. The Balaban J connectivity index is 1.86. The van der Waals surface area contributed by atoms with E-state index in [1.807, 2.05) is 25.1 Å². The van der Waals surface area contributed by atoms with Gasteiger partial charge in [0.1, 0.15) is 0 Å². The molecule has 1 fully saturated rings. The van der Waals surface area contributed by atoms with E-state index < -0.39 is 0 Å². The summed E-state index contributed by atoms with van der Waals surface area (Å²) in [4.78, 5) is 25.3. The minimum atomic E-state index is -0.189. The molecule has 132 valence electrons. The van der Waals surface area contributed by atoms with E-state index in [1.165, 1.54) is 5.56 Å². The first-order valence-corrected chi connectivity index (χ1v) is 8.95. The molecule has 1 saturated heterocycles. The zero-order valence-electron chi connectivity index (χ0n) is 14.7. The van der Waals surface area contributed by atoms with Crippen molar-refractivity contribution in [2.75, 3.05) is 25.0 Å². The summed E-state index contributed by atoms with van der Waals surface area (Å²) in [5.74, 6) is 0.444. The monoisotopic (exact) mass is 332 g/mol. The second kappa shape index (κ2) is 9.30. The van der Waals surface area contributed by atoms with Crippen molar-refractivity contribution in [3.63, 3.8) is 0 Å². The fraction of sp³-hybridized carbons (Fsp3) is 0.579. The van der Waals surface area contributed by atoms with Crippen LogP contribution in [0.15, 0.2) is 24.3 Å². The van der Waals surface area contributed by atoms with Crippen LogP contribution in [-0.2, 0) is 9.53 Å². The molecule has 1 N–H and O–H groups in total. The Labute approximate surface area is 144 Å². The molecule has 0 atom stereocenters. The lowest BCUT2D eigenvalue weighted by molar-refractivity contribution is -0.115. The molecular weight excluding hydrogens is 304 g/mol. The normalized spacial score (nSPS) is 15.2. The van der Waals surface area contributed by atoms with Crippen LogP contribution in [0.25, 0.3) is 0 Å². The number of carbonyl (C=O) groups excluding carboxylic acids is 2. The molecule has 1 aliphatic rings. The van der Waals surface area contributed by atoms with Gasteiger partial charge in [-0.2, -0.15) is 0 Å². The number of ether oxygens (including phenoxy) is 1. The van der Waals surface area contributed by atoms with Gasteiger partial charge in [-0.05, 0) is 42.9 Å². The minimum Gasteiger partial charge on any atom is -0.449 e. The van der Waals surface area contributed by atoms with Gasteiger partial charge in [-0.15, -0.1) is 0 Å². The molecule has 5 heteroatoms. The van der Waals surface area contributed by atoms with Crippen LogP contribution < -0.4 is 5.32 Å². The molecule has 24 heavy (non-hydrogen) atoms. The van der Waals surface area contributed by atoms with Gasteiger partial charge in [0.05, 0.1) is 6.61 Å². The molecule has 0 radical (unpaired) electrons. The molecule has 1 heterocycles. The van der Waals surface area contributed by atoms with Gasteiger partial charge < -0.3 is 15.0 Å². The number of piperidine rings is 1. The van der Waals surface area contributed by atoms with Crippen LogP contribution in [0.5, 0.6) is 0 Å². The Morgan fingerprint density at radius 2 is 2.00 bits per heavy atom. The molecule has 1 aromatic rings. The van der Waals surface area contributed by atoms with Crippen molar-refractivity contribution in [2.24, 2.45) is 0 Å². The summed E-state index contributed by atoms with van der Waals surface area (Å²) in [6, 6.07) is 8.04. The molecule has 1 aliphatic heterocycles. The van der Waals surface area contributed by atoms with Crippen molar-refractivity contribution in [1.82, 2.24) is 4.90 Å². The maximum Gasteiger partial charge on any atom is 0.409 e. The van der Waals surface area contributed by atoms with Gasteiger partial charge in [-0.1, -0.05) is 32.4 Å². The van der Waals surface area contributed by atoms with Gasteiger partial charge in [0, 0.05) is 25.2 Å². The topological polar surface area (TPSA) is 58.6 Å². The van der Waals surface area contributed by atoms with Crippen molar-refractivity contribution < 1.29 is 14.3 Å². The highest BCUT2D eigenvalue weighted by molar-refractivity contribution is 5.90. The quantitative estimate of drug-likeness (QED) is 0.796. The van der Waals surface area contributed by atoms with Crippen molar-refractivity contribution in [1.29, 1.82) is 0 Å². The van der Waals surface area contributed by atoms with Crippen molar-refractivity contribution in [3.8, 4) is 0 Å². The van der Waals surface area contributed by atoms with Gasteiger partial charge in [-0.3, -0.25) is 4.79 Å². The Morgan fingerprint density at radius 1 is 1.25 bits per heavy atom. The molecule has 0 aliphatic carbocycles. The predicted molar refractivity (Wildman–Crippen MR) is 95.2 cm³/mol. The van der Waals surface area contributed by atoms with Crippen LogP contribution >= 0.6 is 0 Å². The first-order valence-electron chi connectivity index (χ1n) is 8.95. The summed E-state index contributed by atoms with van der Waals surface area (Å²) >= 11 is 0. The summed E-state index contributed by atoms with van der Waals surface area (Å²) in [6.45, 7) is 5.88. The number of amides is 2. The van der Waals surface area contributed by atoms with Crippen molar-refractivity contribution in [2.45, 2.75) is 51.9 Å². The van der Waals surface area contributed by atoms with Gasteiger partial charge in [0.2, 0.25) is 5.91 Å². The standard InChI is InChI=1S/C19H28N2O3/c1-3-5-13-24-19(23)21-11-9-15(10-12-21)16-7-6-8-17(14-16)20-18(22)4-2/h6-8,14-15H,3-5,9-13H2,1-2H3,(H,20,22). The number of carbonyl (C=O) groups is 2. The lowest BCUT2D eigenvalue weighted by Crippen LogP contribution is -2.38. The molecule has 0 bridgehead atoms. The number of anilines is 1.